The highest BCUT2D eigenvalue weighted by atomic mass is 79.9. The Morgan fingerprint density at radius 1 is 1.25 bits per heavy atom. The summed E-state index contributed by atoms with van der Waals surface area (Å²) < 4.78 is 12.1. The minimum Gasteiger partial charge on any atom is -0.493 e. The first-order chi connectivity index (χ1) is 13.7. The Labute approximate surface area is 172 Å². The Morgan fingerprint density at radius 3 is 2.96 bits per heavy atom. The van der Waals surface area contributed by atoms with Crippen LogP contribution in [0.3, 0.4) is 0 Å². The minimum absolute atomic E-state index is 0.0751. The topological polar surface area (TPSA) is 75.7 Å². The van der Waals surface area contributed by atoms with E-state index in [4.69, 9.17) is 9.47 Å². The molecule has 1 fully saturated rings. The van der Waals surface area contributed by atoms with Gasteiger partial charge in [0.15, 0.2) is 0 Å². The van der Waals surface area contributed by atoms with Crippen LogP contribution in [0.15, 0.2) is 41.0 Å². The van der Waals surface area contributed by atoms with Crippen LogP contribution in [0.2, 0.25) is 0 Å². The zero-order valence-electron chi connectivity index (χ0n) is 15.5. The van der Waals surface area contributed by atoms with Crippen molar-refractivity contribution in [3.8, 4) is 5.75 Å². The Morgan fingerprint density at radius 2 is 2.11 bits per heavy atom. The number of aromatic nitrogens is 1. The maximum atomic E-state index is 12.5. The molecule has 2 aliphatic heterocycles. The second-order valence-corrected chi connectivity index (χ2v) is 7.70. The Balaban J connectivity index is 1.39. The molecule has 0 radical (unpaired) electrons. The van der Waals surface area contributed by atoms with Gasteiger partial charge in [0.1, 0.15) is 11.6 Å². The predicted octanol–water partition coefficient (Wildman–Crippen LogP) is 3.00. The Kier molecular flexibility index (Phi) is 5.97. The van der Waals surface area contributed by atoms with Crippen molar-refractivity contribution in [2.24, 2.45) is 0 Å². The summed E-state index contributed by atoms with van der Waals surface area (Å²) in [6.07, 6.45) is 2.52. The van der Waals surface area contributed by atoms with Crippen LogP contribution in [-0.4, -0.2) is 43.9 Å². The first kappa shape index (κ1) is 19.0. The van der Waals surface area contributed by atoms with Crippen molar-refractivity contribution in [3.05, 3.63) is 52.1 Å². The molecule has 2 amide bonds. The maximum absolute atomic E-state index is 12.5. The number of urea groups is 1. The van der Waals surface area contributed by atoms with Crippen LogP contribution >= 0.6 is 15.9 Å². The molecule has 148 valence electrons. The van der Waals surface area contributed by atoms with Gasteiger partial charge in [-0.25, -0.2) is 9.78 Å². The van der Waals surface area contributed by atoms with E-state index in [-0.39, 0.29) is 12.1 Å². The van der Waals surface area contributed by atoms with Gasteiger partial charge in [0.05, 0.1) is 25.9 Å². The third-order valence-electron chi connectivity index (χ3n) is 4.93. The average Bonchev–Trinajstić information content (AvgIpc) is 2.73. The van der Waals surface area contributed by atoms with Crippen LogP contribution in [0.1, 0.15) is 23.6 Å². The van der Waals surface area contributed by atoms with Crippen molar-refractivity contribution < 1.29 is 14.3 Å². The number of amides is 2. The number of carbonyl (C=O) groups excluding carboxylic acids is 1. The predicted molar refractivity (Wildman–Crippen MR) is 110 cm³/mol. The van der Waals surface area contributed by atoms with E-state index in [1.165, 1.54) is 0 Å². The number of hydrogen-bond donors (Lipinski definition) is 2. The fraction of sp³-hybridized carbons (Fsp3) is 0.400. The molecule has 28 heavy (non-hydrogen) atoms. The first-order valence-corrected chi connectivity index (χ1v) is 10.2. The normalized spacial score (nSPS) is 18.8. The van der Waals surface area contributed by atoms with Gasteiger partial charge >= 0.3 is 6.03 Å². The molecule has 2 aliphatic rings. The minimum atomic E-state index is -0.199. The molecule has 0 spiro atoms. The quantitative estimate of drug-likeness (QED) is 0.754. The van der Waals surface area contributed by atoms with E-state index in [9.17, 15) is 4.79 Å². The summed E-state index contributed by atoms with van der Waals surface area (Å²) in [7, 11) is 0. The summed E-state index contributed by atoms with van der Waals surface area (Å²) in [4.78, 5) is 19.2. The molecule has 1 unspecified atom stereocenters. The third kappa shape index (κ3) is 4.39. The number of pyridine rings is 1. The van der Waals surface area contributed by atoms with Crippen molar-refractivity contribution in [2.45, 2.75) is 19.0 Å². The smallest absolute Gasteiger partial charge is 0.315 e. The highest BCUT2D eigenvalue weighted by Gasteiger charge is 2.23. The van der Waals surface area contributed by atoms with Gasteiger partial charge in [-0.1, -0.05) is 22.0 Å². The van der Waals surface area contributed by atoms with E-state index in [1.54, 1.807) is 6.20 Å². The first-order valence-electron chi connectivity index (χ1n) is 9.44. The van der Waals surface area contributed by atoms with Crippen LogP contribution in [0, 0.1) is 0 Å². The number of ether oxygens (including phenoxy) is 2. The van der Waals surface area contributed by atoms with E-state index in [1.807, 2.05) is 30.3 Å². The summed E-state index contributed by atoms with van der Waals surface area (Å²) >= 11 is 3.49. The summed E-state index contributed by atoms with van der Waals surface area (Å²) in [5, 5.41) is 6.04. The monoisotopic (exact) mass is 446 g/mol. The van der Waals surface area contributed by atoms with Crippen LogP contribution < -0.4 is 20.3 Å². The highest BCUT2D eigenvalue weighted by molar-refractivity contribution is 9.10. The number of morpholine rings is 1. The lowest BCUT2D eigenvalue weighted by Crippen LogP contribution is -2.40. The summed E-state index contributed by atoms with van der Waals surface area (Å²) in [6, 6.07) is 9.48. The number of rotatable bonds is 4. The molecule has 1 aromatic carbocycles. The van der Waals surface area contributed by atoms with Gasteiger partial charge in [0.2, 0.25) is 0 Å². The van der Waals surface area contributed by atoms with E-state index < -0.39 is 0 Å². The standard InChI is InChI=1S/C20H23BrN4O3/c21-15-3-4-18-16(12-15)17(5-9-28-18)24-20(26)23-13-14-2-1-6-22-19(14)25-7-10-27-11-8-25/h1-4,6,12,17H,5,7-11,13H2,(H2,23,24,26). The molecule has 1 atom stereocenters. The summed E-state index contributed by atoms with van der Waals surface area (Å²) in [5.41, 5.74) is 1.99. The van der Waals surface area contributed by atoms with Gasteiger partial charge in [-0.15, -0.1) is 0 Å². The number of nitrogens with one attached hydrogen (secondary N) is 2. The maximum Gasteiger partial charge on any atom is 0.315 e. The number of benzene rings is 1. The van der Waals surface area contributed by atoms with Gasteiger partial charge < -0.3 is 25.0 Å². The summed E-state index contributed by atoms with van der Waals surface area (Å²) in [6.45, 7) is 4.02. The van der Waals surface area contributed by atoms with Crippen molar-refractivity contribution in [3.63, 3.8) is 0 Å². The van der Waals surface area contributed by atoms with E-state index in [0.29, 0.717) is 26.4 Å². The van der Waals surface area contributed by atoms with Crippen molar-refractivity contribution in [1.82, 2.24) is 15.6 Å². The molecule has 2 aromatic rings. The fourth-order valence-electron chi connectivity index (χ4n) is 3.53. The molecular formula is C20H23BrN4O3. The zero-order chi connectivity index (χ0) is 19.3. The largest absolute Gasteiger partial charge is 0.493 e. The number of fused-ring (bicyclic) bond motifs is 1. The lowest BCUT2D eigenvalue weighted by atomic mass is 10.0. The second-order valence-electron chi connectivity index (χ2n) is 6.78. The number of halogens is 1. The molecule has 0 aliphatic carbocycles. The molecule has 1 aromatic heterocycles. The molecule has 8 heteroatoms. The van der Waals surface area contributed by atoms with E-state index >= 15 is 0 Å². The number of nitrogens with zero attached hydrogens (tertiary/aromatic N) is 2. The van der Waals surface area contributed by atoms with Crippen LogP contribution in [-0.2, 0) is 11.3 Å². The number of anilines is 1. The second kappa shape index (κ2) is 8.79. The SMILES string of the molecule is O=C(NCc1cccnc1N1CCOCC1)NC1CCOc2ccc(Br)cc21. The Hall–Kier alpha value is -2.32. The molecule has 0 saturated carbocycles. The molecule has 2 N–H and O–H groups in total. The lowest BCUT2D eigenvalue weighted by Gasteiger charge is -2.29. The molecule has 1 saturated heterocycles. The van der Waals surface area contributed by atoms with Gasteiger partial charge in [-0.3, -0.25) is 0 Å². The van der Waals surface area contributed by atoms with E-state index in [0.717, 1.165) is 46.7 Å². The number of carbonyl (C=O) groups is 1. The van der Waals surface area contributed by atoms with Gasteiger partial charge in [0.25, 0.3) is 0 Å². The van der Waals surface area contributed by atoms with Crippen LogP contribution in [0.4, 0.5) is 10.6 Å². The van der Waals surface area contributed by atoms with Crippen LogP contribution in [0.25, 0.3) is 0 Å². The third-order valence-corrected chi connectivity index (χ3v) is 5.43. The van der Waals surface area contributed by atoms with Gasteiger partial charge in [-0.05, 0) is 24.3 Å². The van der Waals surface area contributed by atoms with E-state index in [2.05, 4.69) is 36.4 Å². The van der Waals surface area contributed by atoms with Crippen molar-refractivity contribution in [2.75, 3.05) is 37.8 Å². The van der Waals surface area contributed by atoms with Crippen LogP contribution in [0.5, 0.6) is 5.75 Å². The number of hydrogen-bond acceptors (Lipinski definition) is 5. The fourth-order valence-corrected chi connectivity index (χ4v) is 3.91. The van der Waals surface area contributed by atoms with Gasteiger partial charge in [0, 0.05) is 47.9 Å². The molecule has 4 rings (SSSR count). The van der Waals surface area contributed by atoms with Crippen molar-refractivity contribution in [1.29, 1.82) is 0 Å². The Bertz CT molecular complexity index is 842. The molecule has 0 bridgehead atoms. The molecule has 7 nitrogen and oxygen atoms in total. The zero-order valence-corrected chi connectivity index (χ0v) is 17.1. The molecule has 3 heterocycles. The lowest BCUT2D eigenvalue weighted by molar-refractivity contribution is 0.122. The summed E-state index contributed by atoms with van der Waals surface area (Å²) in [5.74, 6) is 1.73. The van der Waals surface area contributed by atoms with Crippen molar-refractivity contribution >= 4 is 27.8 Å². The molecular weight excluding hydrogens is 424 g/mol. The highest BCUT2D eigenvalue weighted by Crippen LogP contribution is 2.34. The average molecular weight is 447 g/mol. The van der Waals surface area contributed by atoms with Gasteiger partial charge in [-0.2, -0.15) is 0 Å².